The first kappa shape index (κ1) is 16.4. The fraction of sp³-hybridized carbons (Fsp3) is 0.400. The lowest BCUT2D eigenvalue weighted by molar-refractivity contribution is -0.384. The number of amidine groups is 1. The highest BCUT2D eigenvalue weighted by Crippen LogP contribution is 2.15. The number of nitro groups is 1. The van der Waals surface area contributed by atoms with Gasteiger partial charge in [-0.2, -0.15) is 10.4 Å². The SMILES string of the molecule is N#C/C(=N\Nc1ccc([N+](=O)[O-])cc1)C(=N)N1CCCCCC1. The van der Waals surface area contributed by atoms with Gasteiger partial charge < -0.3 is 4.90 Å². The molecule has 1 aliphatic rings. The average Bonchev–Trinajstić information content (AvgIpc) is 2.85. The van der Waals surface area contributed by atoms with Crippen LogP contribution >= 0.6 is 0 Å². The Morgan fingerprint density at radius 1 is 1.26 bits per heavy atom. The summed E-state index contributed by atoms with van der Waals surface area (Å²) in [7, 11) is 0. The number of hydrogen-bond acceptors (Lipinski definition) is 6. The second-order valence-electron chi connectivity index (χ2n) is 5.24. The Hall–Kier alpha value is -2.95. The van der Waals surface area contributed by atoms with E-state index in [4.69, 9.17) is 5.41 Å². The van der Waals surface area contributed by atoms with Crippen molar-refractivity contribution in [3.05, 3.63) is 34.4 Å². The lowest BCUT2D eigenvalue weighted by atomic mass is 10.2. The van der Waals surface area contributed by atoms with Crippen LogP contribution < -0.4 is 5.43 Å². The Morgan fingerprint density at radius 2 is 1.87 bits per heavy atom. The van der Waals surface area contributed by atoms with E-state index in [0.29, 0.717) is 5.69 Å². The van der Waals surface area contributed by atoms with Gasteiger partial charge in [-0.15, -0.1) is 0 Å². The minimum atomic E-state index is -0.483. The molecule has 0 spiro atoms. The van der Waals surface area contributed by atoms with Crippen molar-refractivity contribution in [3.63, 3.8) is 0 Å². The molecule has 0 radical (unpaired) electrons. The van der Waals surface area contributed by atoms with Crippen molar-refractivity contribution in [2.75, 3.05) is 18.5 Å². The molecule has 8 nitrogen and oxygen atoms in total. The maximum atomic E-state index is 10.6. The first-order chi connectivity index (χ1) is 11.1. The molecule has 0 unspecified atom stereocenters. The first-order valence-electron chi connectivity index (χ1n) is 7.44. The van der Waals surface area contributed by atoms with E-state index in [0.717, 1.165) is 38.8 Å². The van der Waals surface area contributed by atoms with E-state index in [1.165, 1.54) is 24.3 Å². The van der Waals surface area contributed by atoms with Crippen molar-refractivity contribution in [3.8, 4) is 6.07 Å². The normalized spacial score (nSPS) is 15.4. The molecular weight excluding hydrogens is 296 g/mol. The zero-order valence-electron chi connectivity index (χ0n) is 12.7. The molecule has 0 bridgehead atoms. The molecular formula is C15H18N6O2. The third-order valence-electron chi connectivity index (χ3n) is 3.63. The predicted octanol–water partition coefficient (Wildman–Crippen LogP) is 2.74. The van der Waals surface area contributed by atoms with Gasteiger partial charge in [0.15, 0.2) is 5.84 Å². The van der Waals surface area contributed by atoms with Crippen LogP contribution in [0.5, 0.6) is 0 Å². The zero-order chi connectivity index (χ0) is 16.7. The van der Waals surface area contributed by atoms with Gasteiger partial charge in [0.05, 0.1) is 10.6 Å². The van der Waals surface area contributed by atoms with E-state index >= 15 is 0 Å². The Morgan fingerprint density at radius 3 is 2.39 bits per heavy atom. The van der Waals surface area contributed by atoms with Crippen LogP contribution in [0.2, 0.25) is 0 Å². The molecule has 0 aliphatic carbocycles. The number of hydrogen-bond donors (Lipinski definition) is 2. The van der Waals surface area contributed by atoms with Gasteiger partial charge in [-0.05, 0) is 25.0 Å². The largest absolute Gasteiger partial charge is 0.355 e. The minimum Gasteiger partial charge on any atom is -0.355 e. The van der Waals surface area contributed by atoms with Gasteiger partial charge in [-0.1, -0.05) is 12.8 Å². The summed E-state index contributed by atoms with van der Waals surface area (Å²) < 4.78 is 0. The quantitative estimate of drug-likeness (QED) is 0.383. The van der Waals surface area contributed by atoms with Gasteiger partial charge >= 0.3 is 0 Å². The number of benzene rings is 1. The fourth-order valence-electron chi connectivity index (χ4n) is 2.35. The van der Waals surface area contributed by atoms with E-state index < -0.39 is 4.92 Å². The van der Waals surface area contributed by atoms with Gasteiger partial charge in [0.1, 0.15) is 6.07 Å². The molecule has 1 aliphatic heterocycles. The van der Waals surface area contributed by atoms with Crippen LogP contribution in [0.3, 0.4) is 0 Å². The lowest BCUT2D eigenvalue weighted by Crippen LogP contribution is -2.36. The average molecular weight is 314 g/mol. The van der Waals surface area contributed by atoms with Gasteiger partial charge in [0.25, 0.3) is 5.69 Å². The van der Waals surface area contributed by atoms with Crippen LogP contribution in [0.4, 0.5) is 11.4 Å². The van der Waals surface area contributed by atoms with Crippen LogP contribution in [-0.2, 0) is 0 Å². The molecule has 0 atom stereocenters. The summed E-state index contributed by atoms with van der Waals surface area (Å²) in [4.78, 5) is 12.0. The van der Waals surface area contributed by atoms with Crippen molar-refractivity contribution in [2.24, 2.45) is 5.10 Å². The van der Waals surface area contributed by atoms with Crippen molar-refractivity contribution >= 4 is 22.9 Å². The molecule has 1 fully saturated rings. The van der Waals surface area contributed by atoms with Crippen molar-refractivity contribution in [1.82, 2.24) is 4.90 Å². The molecule has 23 heavy (non-hydrogen) atoms. The Bertz CT molecular complexity index is 639. The smallest absolute Gasteiger partial charge is 0.269 e. The van der Waals surface area contributed by atoms with Gasteiger partial charge in [0, 0.05) is 25.2 Å². The molecule has 0 amide bonds. The highest BCUT2D eigenvalue weighted by Gasteiger charge is 2.17. The lowest BCUT2D eigenvalue weighted by Gasteiger charge is -2.21. The summed E-state index contributed by atoms with van der Waals surface area (Å²) in [5.74, 6) is 0.115. The molecule has 1 aromatic carbocycles. The number of hydrazone groups is 1. The van der Waals surface area contributed by atoms with Gasteiger partial charge in [-0.25, -0.2) is 0 Å². The van der Waals surface area contributed by atoms with E-state index in [1.54, 1.807) is 0 Å². The number of likely N-dealkylation sites (tertiary alicyclic amines) is 1. The standard InChI is InChI=1S/C15H18N6O2/c16-11-14(15(17)20-9-3-1-2-4-10-20)19-18-12-5-7-13(8-6-12)21(22)23/h5-8,17-18H,1-4,9-10H2/b17-15?,19-14+. The number of rotatable bonds is 4. The number of nitro benzene ring substituents is 1. The second-order valence-corrected chi connectivity index (χ2v) is 5.24. The van der Waals surface area contributed by atoms with Crippen LogP contribution in [-0.4, -0.2) is 34.5 Å². The topological polar surface area (TPSA) is 118 Å². The maximum Gasteiger partial charge on any atom is 0.269 e. The summed E-state index contributed by atoms with van der Waals surface area (Å²) in [5, 5.41) is 31.9. The molecule has 2 rings (SSSR count). The molecule has 2 N–H and O–H groups in total. The Labute approximate surface area is 134 Å². The van der Waals surface area contributed by atoms with Crippen molar-refractivity contribution in [1.29, 1.82) is 10.7 Å². The fourth-order valence-corrected chi connectivity index (χ4v) is 2.35. The van der Waals surface area contributed by atoms with Gasteiger partial charge in [0.2, 0.25) is 5.71 Å². The number of non-ortho nitro benzene ring substituents is 1. The van der Waals surface area contributed by atoms with Crippen molar-refractivity contribution < 1.29 is 4.92 Å². The third kappa shape index (κ3) is 4.51. The Kier molecular flexibility index (Phi) is 5.63. The highest BCUT2D eigenvalue weighted by atomic mass is 16.6. The predicted molar refractivity (Wildman–Crippen MR) is 87.5 cm³/mol. The zero-order valence-corrected chi connectivity index (χ0v) is 12.7. The molecule has 1 saturated heterocycles. The van der Waals surface area contributed by atoms with Crippen molar-refractivity contribution in [2.45, 2.75) is 25.7 Å². The second kappa shape index (κ2) is 7.89. The van der Waals surface area contributed by atoms with Crippen LogP contribution in [0.1, 0.15) is 25.7 Å². The van der Waals surface area contributed by atoms with E-state index in [9.17, 15) is 15.4 Å². The van der Waals surface area contributed by atoms with Gasteiger partial charge in [-0.3, -0.25) is 20.9 Å². The highest BCUT2D eigenvalue weighted by molar-refractivity contribution is 6.46. The van der Waals surface area contributed by atoms with Crippen LogP contribution in [0.15, 0.2) is 29.4 Å². The summed E-state index contributed by atoms with van der Waals surface area (Å²) in [6.45, 7) is 1.52. The number of nitriles is 1. The molecule has 8 heteroatoms. The molecule has 1 heterocycles. The molecule has 0 saturated carbocycles. The Balaban J connectivity index is 2.04. The number of anilines is 1. The van der Waals surface area contributed by atoms with Crippen LogP contribution in [0, 0.1) is 26.9 Å². The van der Waals surface area contributed by atoms with E-state index in [2.05, 4.69) is 10.5 Å². The molecule has 1 aromatic rings. The third-order valence-corrected chi connectivity index (χ3v) is 3.63. The van der Waals surface area contributed by atoms with E-state index in [1.807, 2.05) is 11.0 Å². The minimum absolute atomic E-state index is 0.00486. The summed E-state index contributed by atoms with van der Waals surface area (Å²) in [5.41, 5.74) is 3.18. The number of nitrogens with zero attached hydrogens (tertiary/aromatic N) is 4. The number of nitrogens with one attached hydrogen (secondary N) is 2. The van der Waals surface area contributed by atoms with E-state index in [-0.39, 0.29) is 17.2 Å². The molecule has 0 aromatic heterocycles. The summed E-state index contributed by atoms with van der Waals surface area (Å²) in [6, 6.07) is 7.65. The summed E-state index contributed by atoms with van der Waals surface area (Å²) in [6.07, 6.45) is 4.31. The van der Waals surface area contributed by atoms with Crippen LogP contribution in [0.25, 0.3) is 0 Å². The first-order valence-corrected chi connectivity index (χ1v) is 7.44. The molecule has 120 valence electrons. The monoisotopic (exact) mass is 314 g/mol. The summed E-state index contributed by atoms with van der Waals surface area (Å²) >= 11 is 0. The maximum absolute atomic E-state index is 10.6.